The van der Waals surface area contributed by atoms with E-state index >= 15 is 0 Å². The fourth-order valence-corrected chi connectivity index (χ4v) is 5.99. The van der Waals surface area contributed by atoms with E-state index in [1.807, 2.05) is 63.2 Å². The first-order chi connectivity index (χ1) is 19.7. The summed E-state index contributed by atoms with van der Waals surface area (Å²) in [6.45, 7) is 6.20. The summed E-state index contributed by atoms with van der Waals surface area (Å²) in [6, 6.07) is 15.1. The van der Waals surface area contributed by atoms with Gasteiger partial charge < -0.3 is 14.2 Å². The van der Waals surface area contributed by atoms with Crippen LogP contribution in [0.2, 0.25) is 0 Å². The molecule has 0 atom stereocenters. The lowest BCUT2D eigenvalue weighted by molar-refractivity contribution is -0.122. The normalized spacial score (nSPS) is 14.3. The fourth-order valence-electron chi connectivity index (χ4n) is 4.70. The van der Waals surface area contributed by atoms with E-state index < -0.39 is 0 Å². The van der Waals surface area contributed by atoms with Gasteiger partial charge in [-0.2, -0.15) is 4.98 Å². The first kappa shape index (κ1) is 28.4. The van der Waals surface area contributed by atoms with Crippen LogP contribution in [0.4, 0.5) is 0 Å². The first-order valence-corrected chi connectivity index (χ1v) is 14.2. The van der Waals surface area contributed by atoms with Gasteiger partial charge in [0.2, 0.25) is 5.88 Å². The Morgan fingerprint density at radius 1 is 0.976 bits per heavy atom. The van der Waals surface area contributed by atoms with Crippen LogP contribution in [-0.2, 0) is 11.2 Å². The molecule has 0 aliphatic carbocycles. The Bertz CT molecular complexity index is 1760. The molecule has 2 aromatic heterocycles. The number of nitrogens with zero attached hydrogens (tertiary/aromatic N) is 3. The second-order valence-electron chi connectivity index (χ2n) is 9.72. The van der Waals surface area contributed by atoms with Crippen molar-refractivity contribution in [3.8, 4) is 23.1 Å². The van der Waals surface area contributed by atoms with Gasteiger partial charge in [-0.15, -0.1) is 0 Å². The number of carbonyl (C=O) groups excluding carboxylic acids is 1. The van der Waals surface area contributed by atoms with Crippen LogP contribution in [-0.4, -0.2) is 45.3 Å². The molecule has 0 saturated carbocycles. The van der Waals surface area contributed by atoms with Gasteiger partial charge in [-0.05, 0) is 85.9 Å². The second-order valence-corrected chi connectivity index (χ2v) is 11.4. The largest absolute Gasteiger partial charge is 0.493 e. The number of rotatable bonds is 8. The molecule has 0 N–H and O–H groups in total. The molecule has 4 aromatic rings. The van der Waals surface area contributed by atoms with Crippen LogP contribution in [0, 0.1) is 20.8 Å². The predicted molar refractivity (Wildman–Crippen MR) is 165 cm³/mol. The summed E-state index contributed by atoms with van der Waals surface area (Å²) in [7, 11) is 3.17. The summed E-state index contributed by atoms with van der Waals surface area (Å²) in [5.41, 5.74) is 4.15. The van der Waals surface area contributed by atoms with Crippen LogP contribution in [0.25, 0.3) is 11.7 Å². The minimum atomic E-state index is -0.339. The summed E-state index contributed by atoms with van der Waals surface area (Å²) in [5.74, 6) is 1.67. The van der Waals surface area contributed by atoms with Gasteiger partial charge in [0.1, 0.15) is 21.3 Å². The Labute approximate surface area is 247 Å². The van der Waals surface area contributed by atoms with Crippen molar-refractivity contribution in [1.29, 1.82) is 0 Å². The molecule has 1 amide bonds. The van der Waals surface area contributed by atoms with Crippen molar-refractivity contribution in [2.24, 2.45) is 0 Å². The molecule has 210 valence electrons. The van der Waals surface area contributed by atoms with Crippen molar-refractivity contribution < 1.29 is 19.0 Å². The highest BCUT2D eigenvalue weighted by Gasteiger charge is 2.32. The molecule has 41 heavy (non-hydrogen) atoms. The van der Waals surface area contributed by atoms with Crippen LogP contribution in [0.3, 0.4) is 0 Å². The first-order valence-electron chi connectivity index (χ1n) is 12.9. The van der Waals surface area contributed by atoms with Crippen molar-refractivity contribution in [2.45, 2.75) is 27.2 Å². The number of thiocarbonyl (C=S) groups is 1. The Kier molecular flexibility index (Phi) is 8.14. The Morgan fingerprint density at radius 3 is 2.41 bits per heavy atom. The zero-order chi connectivity index (χ0) is 29.3. The third-order valence-corrected chi connectivity index (χ3v) is 8.06. The molecule has 3 heterocycles. The number of benzene rings is 2. The fraction of sp³-hybridized carbons (Fsp3) is 0.226. The minimum Gasteiger partial charge on any atom is -0.493 e. The summed E-state index contributed by atoms with van der Waals surface area (Å²) in [5, 5.41) is 0. The van der Waals surface area contributed by atoms with Crippen molar-refractivity contribution in [3.63, 3.8) is 0 Å². The highest BCUT2D eigenvalue weighted by Crippen LogP contribution is 2.35. The molecule has 1 aliphatic heterocycles. The van der Waals surface area contributed by atoms with Gasteiger partial charge in [-0.3, -0.25) is 18.9 Å². The van der Waals surface area contributed by atoms with E-state index in [0.29, 0.717) is 45.1 Å². The molecule has 0 radical (unpaired) electrons. The van der Waals surface area contributed by atoms with E-state index in [2.05, 4.69) is 0 Å². The van der Waals surface area contributed by atoms with E-state index in [-0.39, 0.29) is 22.9 Å². The molecule has 1 fully saturated rings. The third kappa shape index (κ3) is 5.84. The molecule has 1 saturated heterocycles. The average Bonchev–Trinajstić information content (AvgIpc) is 3.20. The maximum atomic E-state index is 13.7. The number of methoxy groups -OCH3 is 2. The van der Waals surface area contributed by atoms with Gasteiger partial charge in [0.25, 0.3) is 11.5 Å². The average molecular weight is 588 g/mol. The lowest BCUT2D eigenvalue weighted by Crippen LogP contribution is -2.30. The number of fused-ring (bicyclic) bond motifs is 1. The minimum absolute atomic E-state index is 0.130. The van der Waals surface area contributed by atoms with Crippen molar-refractivity contribution in [2.75, 3.05) is 20.8 Å². The standard InChI is InChI=1S/C31H29N3O5S2/c1-18-13-19(2)15-22(14-18)39-28-23(29(35)33-11-6-7-20(3)27(33)32-28)17-26-30(36)34(31(40)41-26)12-10-21-8-9-24(37-4)25(16-21)38-5/h6-9,11,13-17H,10,12H2,1-5H3/b26-17+. The number of amides is 1. The maximum absolute atomic E-state index is 13.7. The lowest BCUT2D eigenvalue weighted by Gasteiger charge is -2.15. The third-order valence-electron chi connectivity index (χ3n) is 6.68. The van der Waals surface area contributed by atoms with Crippen molar-refractivity contribution in [1.82, 2.24) is 14.3 Å². The zero-order valence-electron chi connectivity index (χ0n) is 23.4. The number of ether oxygens (including phenoxy) is 3. The van der Waals surface area contributed by atoms with E-state index in [4.69, 9.17) is 31.4 Å². The lowest BCUT2D eigenvalue weighted by atomic mass is 10.1. The Hall–Kier alpha value is -4.15. The van der Waals surface area contributed by atoms with Crippen LogP contribution in [0.1, 0.15) is 27.8 Å². The number of hydrogen-bond donors (Lipinski definition) is 0. The number of carbonyl (C=O) groups is 1. The van der Waals surface area contributed by atoms with Crippen LogP contribution >= 0.6 is 24.0 Å². The summed E-state index contributed by atoms with van der Waals surface area (Å²) >= 11 is 6.72. The van der Waals surface area contributed by atoms with Crippen LogP contribution < -0.4 is 19.8 Å². The maximum Gasteiger partial charge on any atom is 0.269 e. The van der Waals surface area contributed by atoms with Crippen LogP contribution in [0.5, 0.6) is 23.1 Å². The smallest absolute Gasteiger partial charge is 0.269 e. The number of aromatic nitrogens is 2. The Balaban J connectivity index is 1.49. The molecule has 10 heteroatoms. The molecule has 5 rings (SSSR count). The van der Waals surface area contributed by atoms with Gasteiger partial charge in [-0.1, -0.05) is 42.2 Å². The van der Waals surface area contributed by atoms with Gasteiger partial charge in [-0.25, -0.2) is 0 Å². The summed E-state index contributed by atoms with van der Waals surface area (Å²) < 4.78 is 18.8. The molecule has 0 spiro atoms. The molecule has 2 aromatic carbocycles. The number of aryl methyl sites for hydroxylation is 3. The van der Waals surface area contributed by atoms with Crippen LogP contribution in [0.15, 0.2) is 64.4 Å². The SMILES string of the molecule is COc1ccc(CCN2C(=O)/C(=C\c3c(Oc4cc(C)cc(C)c4)nc4c(C)cccn4c3=O)SC2=S)cc1OC. The number of thioether (sulfide) groups is 1. The quantitative estimate of drug-likeness (QED) is 0.187. The number of pyridine rings is 1. The van der Waals surface area contributed by atoms with E-state index in [9.17, 15) is 9.59 Å². The van der Waals surface area contributed by atoms with Gasteiger partial charge in [0, 0.05) is 12.7 Å². The van der Waals surface area contributed by atoms with E-state index in [1.54, 1.807) is 31.4 Å². The molecular weight excluding hydrogens is 558 g/mol. The summed E-state index contributed by atoms with van der Waals surface area (Å²) in [6.07, 6.45) is 3.75. The molecule has 1 aliphatic rings. The monoisotopic (exact) mass is 587 g/mol. The van der Waals surface area contributed by atoms with E-state index in [1.165, 1.54) is 10.5 Å². The Morgan fingerprint density at radius 2 is 1.71 bits per heavy atom. The van der Waals surface area contributed by atoms with Gasteiger partial charge in [0.05, 0.1) is 19.1 Å². The topological polar surface area (TPSA) is 82.4 Å². The highest BCUT2D eigenvalue weighted by molar-refractivity contribution is 8.26. The van der Waals surface area contributed by atoms with Gasteiger partial charge in [0.15, 0.2) is 11.5 Å². The zero-order valence-corrected chi connectivity index (χ0v) is 25.0. The predicted octanol–water partition coefficient (Wildman–Crippen LogP) is 5.87. The molecule has 0 bridgehead atoms. The molecule has 8 nitrogen and oxygen atoms in total. The summed E-state index contributed by atoms with van der Waals surface area (Å²) in [4.78, 5) is 33.8. The number of hydrogen-bond acceptors (Lipinski definition) is 8. The molecule has 0 unspecified atom stereocenters. The second kappa shape index (κ2) is 11.8. The molecular formula is C31H29N3O5S2. The van der Waals surface area contributed by atoms with E-state index in [0.717, 1.165) is 34.0 Å². The van der Waals surface area contributed by atoms with Crippen molar-refractivity contribution >= 4 is 45.9 Å². The van der Waals surface area contributed by atoms with Crippen molar-refractivity contribution in [3.05, 3.63) is 97.8 Å². The highest BCUT2D eigenvalue weighted by atomic mass is 32.2. The van der Waals surface area contributed by atoms with Gasteiger partial charge >= 0.3 is 0 Å².